The lowest BCUT2D eigenvalue weighted by Crippen LogP contribution is -2.44. The molecule has 1 saturated heterocycles. The van der Waals surface area contributed by atoms with Crippen LogP contribution in [0.1, 0.15) is 23.1 Å². The molecular weight excluding hydrogens is 414 g/mol. The van der Waals surface area contributed by atoms with Gasteiger partial charge < -0.3 is 9.47 Å². The summed E-state index contributed by atoms with van der Waals surface area (Å²) in [6.07, 6.45) is 1.35. The largest absolute Gasteiger partial charge is 0.447 e. The summed E-state index contributed by atoms with van der Waals surface area (Å²) in [6, 6.07) is 29.5. The van der Waals surface area contributed by atoms with Crippen molar-refractivity contribution >= 4 is 12.0 Å². The number of cyclic esters (lactones) is 1. The van der Waals surface area contributed by atoms with Crippen LogP contribution in [0.5, 0.6) is 0 Å². The number of nitrogens with zero attached hydrogens (tertiary/aromatic N) is 1. The average Bonchev–Trinajstić information content (AvgIpc) is 3.22. The van der Waals surface area contributed by atoms with Crippen LogP contribution in [-0.4, -0.2) is 36.2 Å². The van der Waals surface area contributed by atoms with E-state index in [0.717, 1.165) is 23.1 Å². The molecule has 0 saturated carbocycles. The van der Waals surface area contributed by atoms with Gasteiger partial charge in [-0.15, -0.1) is 0 Å². The molecule has 0 radical (unpaired) electrons. The van der Waals surface area contributed by atoms with Gasteiger partial charge in [0.05, 0.1) is 25.2 Å². The Morgan fingerprint density at radius 3 is 2.09 bits per heavy atom. The van der Waals surface area contributed by atoms with Gasteiger partial charge in [-0.05, 0) is 36.0 Å². The normalized spacial score (nSPS) is 16.4. The molecule has 0 unspecified atom stereocenters. The Balaban J connectivity index is 1.45. The van der Waals surface area contributed by atoms with E-state index in [2.05, 4.69) is 12.1 Å². The molecule has 0 spiro atoms. The van der Waals surface area contributed by atoms with E-state index in [4.69, 9.17) is 9.47 Å². The molecule has 33 heavy (non-hydrogen) atoms. The molecule has 0 bridgehead atoms. The van der Waals surface area contributed by atoms with Gasteiger partial charge in [-0.1, -0.05) is 91.0 Å². The highest BCUT2D eigenvalue weighted by molar-refractivity contribution is 5.95. The quantitative estimate of drug-likeness (QED) is 0.440. The summed E-state index contributed by atoms with van der Waals surface area (Å²) in [7, 11) is 0. The predicted molar refractivity (Wildman–Crippen MR) is 126 cm³/mol. The monoisotopic (exact) mass is 443 g/mol. The fourth-order valence-corrected chi connectivity index (χ4v) is 4.12. The summed E-state index contributed by atoms with van der Waals surface area (Å²) in [6.45, 7) is 0.895. The van der Waals surface area contributed by atoms with E-state index >= 15 is 0 Å². The van der Waals surface area contributed by atoms with Gasteiger partial charge in [0.1, 0.15) is 6.61 Å². The standard InChI is InChI=1S/C28H29NO4/c30-27(29-26(21-33-28(29)31)18-23-12-6-2-7-13-23)25(17-16-22-10-4-1-5-11-22)20-32-19-24-14-8-3-9-15-24/h1-15,25-26H,16-21H2/t25-,26+/m1/s1. The van der Waals surface area contributed by atoms with Crippen molar-refractivity contribution in [1.29, 1.82) is 0 Å². The second kappa shape index (κ2) is 11.4. The molecule has 1 aliphatic heterocycles. The van der Waals surface area contributed by atoms with Crippen LogP contribution in [0.2, 0.25) is 0 Å². The number of carbonyl (C=O) groups excluding carboxylic acids is 2. The smallest absolute Gasteiger partial charge is 0.416 e. The Labute approximate surface area is 194 Å². The highest BCUT2D eigenvalue weighted by Gasteiger charge is 2.40. The number of hydrogen-bond acceptors (Lipinski definition) is 4. The van der Waals surface area contributed by atoms with E-state index in [-0.39, 0.29) is 25.2 Å². The van der Waals surface area contributed by atoms with Gasteiger partial charge in [0.2, 0.25) is 5.91 Å². The van der Waals surface area contributed by atoms with Gasteiger partial charge in [-0.2, -0.15) is 0 Å². The van der Waals surface area contributed by atoms with Crippen LogP contribution in [0.25, 0.3) is 0 Å². The van der Waals surface area contributed by atoms with E-state index < -0.39 is 12.0 Å². The van der Waals surface area contributed by atoms with E-state index in [1.54, 1.807) is 0 Å². The third-order valence-electron chi connectivity index (χ3n) is 5.92. The molecule has 2 amide bonds. The third-order valence-corrected chi connectivity index (χ3v) is 5.92. The summed E-state index contributed by atoms with van der Waals surface area (Å²) in [4.78, 5) is 27.4. The first kappa shape index (κ1) is 22.7. The lowest BCUT2D eigenvalue weighted by Gasteiger charge is -2.25. The van der Waals surface area contributed by atoms with Crippen LogP contribution in [-0.2, 0) is 33.7 Å². The Kier molecular flexibility index (Phi) is 7.88. The molecule has 170 valence electrons. The van der Waals surface area contributed by atoms with Crippen molar-refractivity contribution < 1.29 is 19.1 Å². The number of hydrogen-bond donors (Lipinski definition) is 0. The maximum atomic E-state index is 13.6. The SMILES string of the molecule is O=C1OC[C@H](Cc2ccccc2)N1C(=O)[C@H](CCc1ccccc1)COCc1ccccc1. The molecule has 0 N–H and O–H groups in total. The minimum absolute atomic E-state index is 0.218. The van der Waals surface area contributed by atoms with Gasteiger partial charge in [-0.3, -0.25) is 4.79 Å². The lowest BCUT2D eigenvalue weighted by atomic mass is 9.97. The van der Waals surface area contributed by atoms with Crippen molar-refractivity contribution in [3.63, 3.8) is 0 Å². The summed E-state index contributed by atoms with van der Waals surface area (Å²) >= 11 is 0. The summed E-state index contributed by atoms with van der Waals surface area (Å²) in [5, 5.41) is 0. The number of ether oxygens (including phenoxy) is 2. The molecular formula is C28H29NO4. The number of carbonyl (C=O) groups is 2. The van der Waals surface area contributed by atoms with Crippen molar-refractivity contribution in [1.82, 2.24) is 4.90 Å². The average molecular weight is 444 g/mol. The second-order valence-corrected chi connectivity index (χ2v) is 8.35. The minimum atomic E-state index is -0.561. The van der Waals surface area contributed by atoms with Gasteiger partial charge >= 0.3 is 6.09 Å². The van der Waals surface area contributed by atoms with Gasteiger partial charge in [0, 0.05) is 0 Å². The van der Waals surface area contributed by atoms with Gasteiger partial charge in [0.25, 0.3) is 0 Å². The summed E-state index contributed by atoms with van der Waals surface area (Å²) in [5.74, 6) is -0.653. The fraction of sp³-hybridized carbons (Fsp3) is 0.286. The molecule has 3 aromatic rings. The summed E-state index contributed by atoms with van der Waals surface area (Å²) in [5.41, 5.74) is 3.28. The maximum absolute atomic E-state index is 13.6. The third kappa shape index (κ3) is 6.30. The summed E-state index contributed by atoms with van der Waals surface area (Å²) < 4.78 is 11.2. The molecule has 1 aliphatic rings. The Bertz CT molecular complexity index is 1020. The molecule has 1 fully saturated rings. The van der Waals surface area contributed by atoms with E-state index in [1.165, 1.54) is 4.90 Å². The first-order valence-electron chi connectivity index (χ1n) is 11.4. The Hall–Kier alpha value is -3.44. The van der Waals surface area contributed by atoms with Crippen molar-refractivity contribution in [2.24, 2.45) is 5.92 Å². The number of benzene rings is 3. The highest BCUT2D eigenvalue weighted by atomic mass is 16.6. The Morgan fingerprint density at radius 1 is 0.879 bits per heavy atom. The molecule has 0 aromatic heterocycles. The van der Waals surface area contributed by atoms with E-state index in [9.17, 15) is 9.59 Å². The van der Waals surface area contributed by atoms with Gasteiger partial charge in [-0.25, -0.2) is 9.69 Å². The maximum Gasteiger partial charge on any atom is 0.416 e. The topological polar surface area (TPSA) is 55.8 Å². The zero-order valence-electron chi connectivity index (χ0n) is 18.6. The van der Waals surface area contributed by atoms with Gasteiger partial charge in [0.15, 0.2) is 0 Å². The fourth-order valence-electron chi connectivity index (χ4n) is 4.12. The van der Waals surface area contributed by atoms with Crippen LogP contribution in [0.3, 0.4) is 0 Å². The first-order valence-corrected chi connectivity index (χ1v) is 11.4. The van der Waals surface area contributed by atoms with Crippen LogP contribution in [0.15, 0.2) is 91.0 Å². The zero-order chi connectivity index (χ0) is 22.9. The second-order valence-electron chi connectivity index (χ2n) is 8.35. The van der Waals surface area contributed by atoms with Crippen molar-refractivity contribution in [2.75, 3.05) is 13.2 Å². The molecule has 0 aliphatic carbocycles. The van der Waals surface area contributed by atoms with E-state index in [1.807, 2.05) is 78.9 Å². The molecule has 4 rings (SSSR count). The predicted octanol–water partition coefficient (Wildman–Crippen LogP) is 5.04. The number of rotatable bonds is 10. The molecule has 5 heteroatoms. The molecule has 1 heterocycles. The molecule has 3 aromatic carbocycles. The van der Waals surface area contributed by atoms with E-state index in [0.29, 0.717) is 19.4 Å². The van der Waals surface area contributed by atoms with Crippen molar-refractivity contribution in [3.05, 3.63) is 108 Å². The number of amides is 2. The Morgan fingerprint density at radius 2 is 1.45 bits per heavy atom. The van der Waals surface area contributed by atoms with Crippen LogP contribution in [0, 0.1) is 5.92 Å². The van der Waals surface area contributed by atoms with Crippen molar-refractivity contribution in [3.8, 4) is 0 Å². The molecule has 5 nitrogen and oxygen atoms in total. The zero-order valence-corrected chi connectivity index (χ0v) is 18.6. The van der Waals surface area contributed by atoms with Crippen LogP contribution >= 0.6 is 0 Å². The van der Waals surface area contributed by atoms with Crippen LogP contribution in [0.4, 0.5) is 4.79 Å². The van der Waals surface area contributed by atoms with Crippen molar-refractivity contribution in [2.45, 2.75) is 31.9 Å². The first-order chi connectivity index (χ1) is 16.2. The lowest BCUT2D eigenvalue weighted by molar-refractivity contribution is -0.136. The molecule has 2 atom stereocenters. The minimum Gasteiger partial charge on any atom is -0.447 e. The van der Waals surface area contributed by atoms with Crippen LogP contribution < -0.4 is 0 Å². The number of aryl methyl sites for hydroxylation is 1. The highest BCUT2D eigenvalue weighted by Crippen LogP contribution is 2.23. The number of imide groups is 1.